The Bertz CT molecular complexity index is 600. The van der Waals surface area contributed by atoms with Crippen LogP contribution in [0.2, 0.25) is 0 Å². The maximum absolute atomic E-state index is 12.7. The summed E-state index contributed by atoms with van der Waals surface area (Å²) in [6.07, 6.45) is 0.00843. The number of amides is 1. The Balaban J connectivity index is 2.32. The number of carbonyl (C=O) groups is 3. The minimum absolute atomic E-state index is 0.201. The van der Waals surface area contributed by atoms with Gasteiger partial charge in [0.25, 0.3) is 0 Å². The van der Waals surface area contributed by atoms with Crippen molar-refractivity contribution in [3.05, 3.63) is 35.9 Å². The smallest absolute Gasteiger partial charge is 0.321 e. The molecule has 1 aromatic rings. The Morgan fingerprint density at radius 2 is 1.91 bits per heavy atom. The number of hydrogen-bond donors (Lipinski definition) is 0. The summed E-state index contributed by atoms with van der Waals surface area (Å²) in [6.45, 7) is 0.306. The standard InChI is InChI=1S/C17H21NO5/c1-18-13(11-22-2)9-17(15(18)20,16(21)23-3)10-14(19)12-7-5-4-6-8-12/h4-8,13H,9-11H2,1-3H3/t13-,17+/m0/s1. The number of likely N-dealkylation sites (N-methyl/N-ethyl adjacent to an activating group) is 1. The first-order valence-electron chi connectivity index (χ1n) is 7.39. The van der Waals surface area contributed by atoms with Crippen LogP contribution in [0.15, 0.2) is 30.3 Å². The first kappa shape index (κ1) is 17.1. The van der Waals surface area contributed by atoms with Gasteiger partial charge in [-0.25, -0.2) is 0 Å². The average molecular weight is 319 g/mol. The monoisotopic (exact) mass is 319 g/mol. The third-order valence-electron chi connectivity index (χ3n) is 4.35. The number of nitrogens with zero attached hydrogens (tertiary/aromatic N) is 1. The minimum Gasteiger partial charge on any atom is -0.468 e. The fraction of sp³-hybridized carbons (Fsp3) is 0.471. The van der Waals surface area contributed by atoms with Crippen LogP contribution >= 0.6 is 0 Å². The van der Waals surface area contributed by atoms with Crippen LogP contribution in [-0.4, -0.2) is 56.5 Å². The van der Waals surface area contributed by atoms with Crippen molar-refractivity contribution < 1.29 is 23.9 Å². The lowest BCUT2D eigenvalue weighted by atomic mass is 9.78. The highest BCUT2D eigenvalue weighted by Crippen LogP contribution is 2.40. The van der Waals surface area contributed by atoms with Crippen LogP contribution in [0, 0.1) is 5.41 Å². The second-order valence-electron chi connectivity index (χ2n) is 5.77. The summed E-state index contributed by atoms with van der Waals surface area (Å²) in [7, 11) is 4.38. The van der Waals surface area contributed by atoms with Crippen molar-refractivity contribution in [2.24, 2.45) is 5.41 Å². The Morgan fingerprint density at radius 3 is 2.48 bits per heavy atom. The number of methoxy groups -OCH3 is 2. The van der Waals surface area contributed by atoms with Crippen LogP contribution in [0.4, 0.5) is 0 Å². The molecule has 1 heterocycles. The third kappa shape index (κ3) is 3.12. The largest absolute Gasteiger partial charge is 0.468 e. The second-order valence-corrected chi connectivity index (χ2v) is 5.77. The number of ketones is 1. The van der Waals surface area contributed by atoms with Crippen LogP contribution < -0.4 is 0 Å². The molecule has 1 aliphatic rings. The molecule has 2 rings (SSSR count). The molecule has 6 heteroatoms. The number of esters is 1. The van der Waals surface area contributed by atoms with E-state index in [4.69, 9.17) is 9.47 Å². The van der Waals surface area contributed by atoms with Gasteiger partial charge in [-0.15, -0.1) is 0 Å². The van der Waals surface area contributed by atoms with Crippen LogP contribution in [0.25, 0.3) is 0 Å². The summed E-state index contributed by atoms with van der Waals surface area (Å²) in [5, 5.41) is 0. The number of hydrogen-bond acceptors (Lipinski definition) is 5. The summed E-state index contributed by atoms with van der Waals surface area (Å²) in [5.74, 6) is -1.32. The van der Waals surface area contributed by atoms with Crippen molar-refractivity contribution in [3.8, 4) is 0 Å². The van der Waals surface area contributed by atoms with E-state index in [1.54, 1.807) is 37.4 Å². The first-order chi connectivity index (χ1) is 11.0. The molecule has 1 aromatic carbocycles. The Kier molecular flexibility index (Phi) is 5.15. The zero-order chi connectivity index (χ0) is 17.0. The second kappa shape index (κ2) is 6.91. The van der Waals surface area contributed by atoms with Gasteiger partial charge in [-0.3, -0.25) is 14.4 Å². The molecule has 0 aliphatic carbocycles. The molecule has 1 amide bonds. The molecule has 1 fully saturated rings. The fourth-order valence-corrected chi connectivity index (χ4v) is 3.08. The molecule has 0 bridgehead atoms. The molecule has 1 aliphatic heterocycles. The highest BCUT2D eigenvalue weighted by Gasteiger charge is 2.57. The quantitative estimate of drug-likeness (QED) is 0.449. The maximum Gasteiger partial charge on any atom is 0.321 e. The predicted molar refractivity (Wildman–Crippen MR) is 82.9 cm³/mol. The van der Waals surface area contributed by atoms with Crippen molar-refractivity contribution >= 4 is 17.7 Å². The molecular formula is C17H21NO5. The van der Waals surface area contributed by atoms with E-state index < -0.39 is 17.3 Å². The van der Waals surface area contributed by atoms with E-state index in [1.807, 2.05) is 0 Å². The zero-order valence-electron chi connectivity index (χ0n) is 13.6. The van der Waals surface area contributed by atoms with E-state index in [1.165, 1.54) is 19.1 Å². The molecule has 1 saturated heterocycles. The topological polar surface area (TPSA) is 72.9 Å². The maximum atomic E-state index is 12.7. The summed E-state index contributed by atoms with van der Waals surface area (Å²) in [4.78, 5) is 39.0. The number of likely N-dealkylation sites (tertiary alicyclic amines) is 1. The molecule has 6 nitrogen and oxygen atoms in total. The molecular weight excluding hydrogens is 298 g/mol. The summed E-state index contributed by atoms with van der Waals surface area (Å²) >= 11 is 0. The van der Waals surface area contributed by atoms with Gasteiger partial charge >= 0.3 is 5.97 Å². The van der Waals surface area contributed by atoms with Gasteiger partial charge in [0.2, 0.25) is 5.91 Å². The molecule has 0 N–H and O–H groups in total. The van der Waals surface area contributed by atoms with E-state index >= 15 is 0 Å². The fourth-order valence-electron chi connectivity index (χ4n) is 3.08. The predicted octanol–water partition coefficient (Wildman–Crippen LogP) is 1.30. The van der Waals surface area contributed by atoms with Crippen molar-refractivity contribution in [2.75, 3.05) is 27.9 Å². The normalized spacial score (nSPS) is 23.9. The molecule has 0 unspecified atom stereocenters. The molecule has 0 radical (unpaired) electrons. The first-order valence-corrected chi connectivity index (χ1v) is 7.39. The molecule has 124 valence electrons. The Hall–Kier alpha value is -2.21. The average Bonchev–Trinajstić information content (AvgIpc) is 2.81. The number of rotatable bonds is 6. The zero-order valence-corrected chi connectivity index (χ0v) is 13.6. The highest BCUT2D eigenvalue weighted by atomic mass is 16.5. The van der Waals surface area contributed by atoms with Crippen LogP contribution in [0.5, 0.6) is 0 Å². The van der Waals surface area contributed by atoms with E-state index in [2.05, 4.69) is 0 Å². The van der Waals surface area contributed by atoms with Gasteiger partial charge in [0.05, 0.1) is 19.8 Å². The summed E-state index contributed by atoms with van der Waals surface area (Å²) < 4.78 is 9.95. The lowest BCUT2D eigenvalue weighted by Crippen LogP contribution is -2.42. The lowest BCUT2D eigenvalue weighted by Gasteiger charge is -2.23. The van der Waals surface area contributed by atoms with E-state index in [9.17, 15) is 14.4 Å². The van der Waals surface area contributed by atoms with E-state index in [0.717, 1.165) is 0 Å². The molecule has 2 atom stereocenters. The lowest BCUT2D eigenvalue weighted by molar-refractivity contribution is -0.158. The number of Topliss-reactive ketones (excluding diaryl/α,β-unsaturated/α-hetero) is 1. The van der Waals surface area contributed by atoms with Gasteiger partial charge in [-0.2, -0.15) is 0 Å². The van der Waals surface area contributed by atoms with Gasteiger partial charge in [-0.1, -0.05) is 30.3 Å². The van der Waals surface area contributed by atoms with Crippen molar-refractivity contribution in [1.82, 2.24) is 4.90 Å². The number of carbonyl (C=O) groups excluding carboxylic acids is 3. The van der Waals surface area contributed by atoms with Gasteiger partial charge in [0, 0.05) is 26.1 Å². The number of benzene rings is 1. The molecule has 0 aromatic heterocycles. The van der Waals surface area contributed by atoms with Gasteiger partial charge in [0.15, 0.2) is 11.2 Å². The van der Waals surface area contributed by atoms with E-state index in [0.29, 0.717) is 12.2 Å². The highest BCUT2D eigenvalue weighted by molar-refractivity contribution is 6.10. The molecule has 0 saturated carbocycles. The molecule has 0 spiro atoms. The van der Waals surface area contributed by atoms with Crippen LogP contribution in [-0.2, 0) is 19.1 Å². The molecule has 23 heavy (non-hydrogen) atoms. The Morgan fingerprint density at radius 1 is 1.26 bits per heavy atom. The summed E-state index contributed by atoms with van der Waals surface area (Å²) in [6, 6.07) is 8.38. The van der Waals surface area contributed by atoms with Gasteiger partial charge in [-0.05, 0) is 6.42 Å². The van der Waals surface area contributed by atoms with Crippen molar-refractivity contribution in [3.63, 3.8) is 0 Å². The summed E-state index contributed by atoms with van der Waals surface area (Å²) in [5.41, 5.74) is -0.999. The van der Waals surface area contributed by atoms with Gasteiger partial charge < -0.3 is 14.4 Å². The minimum atomic E-state index is -1.47. The van der Waals surface area contributed by atoms with Crippen molar-refractivity contribution in [2.45, 2.75) is 18.9 Å². The van der Waals surface area contributed by atoms with Gasteiger partial charge in [0.1, 0.15) is 0 Å². The SMILES string of the molecule is COC[C@@H]1C[C@](CC(=O)c2ccccc2)(C(=O)OC)C(=O)N1C. The third-order valence-corrected chi connectivity index (χ3v) is 4.35. The van der Waals surface area contributed by atoms with E-state index in [-0.39, 0.29) is 24.7 Å². The Labute approximate surface area is 135 Å². The number of ether oxygens (including phenoxy) is 2. The van der Waals surface area contributed by atoms with Crippen LogP contribution in [0.3, 0.4) is 0 Å². The van der Waals surface area contributed by atoms with Crippen molar-refractivity contribution in [1.29, 1.82) is 0 Å². The van der Waals surface area contributed by atoms with Crippen LogP contribution in [0.1, 0.15) is 23.2 Å².